The molecule has 5 rings (SSSR count). The van der Waals surface area contributed by atoms with E-state index in [-0.39, 0.29) is 5.91 Å². The Balaban J connectivity index is 1.36. The lowest BCUT2D eigenvalue weighted by atomic mass is 9.84. The number of H-pyrrole nitrogens is 1. The number of benzene rings is 3. The van der Waals surface area contributed by atoms with Gasteiger partial charge >= 0.3 is 0 Å². The second-order valence-electron chi connectivity index (χ2n) is 9.05. The van der Waals surface area contributed by atoms with E-state index in [1.54, 1.807) is 19.0 Å². The molecule has 32 heavy (non-hydrogen) atoms. The zero-order valence-corrected chi connectivity index (χ0v) is 18.8. The molecule has 4 aromatic rings. The number of fused-ring (bicyclic) bond motifs is 1. The zero-order chi connectivity index (χ0) is 22.1. The topological polar surface area (TPSA) is 49.0 Å². The molecule has 1 saturated carbocycles. The average molecular weight is 424 g/mol. The van der Waals surface area contributed by atoms with Crippen LogP contribution in [0.25, 0.3) is 33.5 Å². The van der Waals surface area contributed by atoms with Crippen molar-refractivity contribution in [1.29, 1.82) is 0 Å². The van der Waals surface area contributed by atoms with Crippen LogP contribution < -0.4 is 0 Å². The number of carbonyl (C=O) groups is 1. The fourth-order valence-electron chi connectivity index (χ4n) is 4.74. The Labute approximate surface area is 189 Å². The molecule has 0 saturated heterocycles. The molecular weight excluding hydrogens is 394 g/mol. The lowest BCUT2D eigenvalue weighted by Crippen LogP contribution is -2.21. The van der Waals surface area contributed by atoms with Gasteiger partial charge in [0.25, 0.3) is 5.91 Å². The van der Waals surface area contributed by atoms with Crippen LogP contribution in [0.2, 0.25) is 0 Å². The number of nitrogens with zero attached hydrogens (tertiary/aromatic N) is 2. The van der Waals surface area contributed by atoms with Crippen molar-refractivity contribution in [1.82, 2.24) is 14.9 Å². The van der Waals surface area contributed by atoms with Crippen molar-refractivity contribution in [3.63, 3.8) is 0 Å². The third-order valence-corrected chi connectivity index (χ3v) is 6.61. The van der Waals surface area contributed by atoms with Crippen LogP contribution in [0.1, 0.15) is 53.9 Å². The van der Waals surface area contributed by atoms with Crippen LogP contribution in [0.3, 0.4) is 0 Å². The Morgan fingerprint density at radius 3 is 2.12 bits per heavy atom. The highest BCUT2D eigenvalue weighted by Crippen LogP contribution is 2.34. The fraction of sp³-hybridized carbons (Fsp3) is 0.286. The van der Waals surface area contributed by atoms with Gasteiger partial charge < -0.3 is 9.88 Å². The molecule has 0 bridgehead atoms. The Hall–Kier alpha value is -3.40. The van der Waals surface area contributed by atoms with Gasteiger partial charge in [-0.3, -0.25) is 4.79 Å². The number of aromatic nitrogens is 2. The molecule has 0 atom stereocenters. The predicted octanol–water partition coefficient (Wildman–Crippen LogP) is 6.65. The van der Waals surface area contributed by atoms with Crippen molar-refractivity contribution in [2.45, 2.75) is 38.0 Å². The maximum atomic E-state index is 12.2. The van der Waals surface area contributed by atoms with E-state index in [1.165, 1.54) is 48.8 Å². The van der Waals surface area contributed by atoms with Gasteiger partial charge in [-0.25, -0.2) is 4.98 Å². The van der Waals surface area contributed by atoms with Crippen LogP contribution >= 0.6 is 0 Å². The SMILES string of the molecule is CN(C)C(=O)c1ccc2nc(-c3ccc(-c4ccc(C5CCCCC5)cc4)cc3)[nH]c2c1. The third kappa shape index (κ3) is 4.05. The van der Waals surface area contributed by atoms with Gasteiger partial charge in [-0.05, 0) is 53.6 Å². The van der Waals surface area contributed by atoms with Gasteiger partial charge in [0.1, 0.15) is 5.82 Å². The summed E-state index contributed by atoms with van der Waals surface area (Å²) in [6, 6.07) is 23.2. The molecule has 1 fully saturated rings. The summed E-state index contributed by atoms with van der Waals surface area (Å²) >= 11 is 0. The predicted molar refractivity (Wildman–Crippen MR) is 131 cm³/mol. The molecule has 0 unspecified atom stereocenters. The van der Waals surface area contributed by atoms with Crippen molar-refractivity contribution in [3.05, 3.63) is 77.9 Å². The summed E-state index contributed by atoms with van der Waals surface area (Å²) in [5.74, 6) is 1.54. The van der Waals surface area contributed by atoms with E-state index < -0.39 is 0 Å². The largest absolute Gasteiger partial charge is 0.345 e. The Bertz CT molecular complexity index is 1230. The highest BCUT2D eigenvalue weighted by atomic mass is 16.2. The highest BCUT2D eigenvalue weighted by Gasteiger charge is 2.15. The Morgan fingerprint density at radius 2 is 1.47 bits per heavy atom. The molecule has 162 valence electrons. The Morgan fingerprint density at radius 1 is 0.844 bits per heavy atom. The number of hydrogen-bond donors (Lipinski definition) is 1. The third-order valence-electron chi connectivity index (χ3n) is 6.61. The number of rotatable bonds is 4. The van der Waals surface area contributed by atoms with Crippen molar-refractivity contribution in [2.75, 3.05) is 14.1 Å². The molecule has 1 heterocycles. The van der Waals surface area contributed by atoms with Crippen LogP contribution in [0, 0.1) is 0 Å². The summed E-state index contributed by atoms with van der Waals surface area (Å²) in [4.78, 5) is 21.9. The van der Waals surface area contributed by atoms with Gasteiger partial charge in [0.05, 0.1) is 11.0 Å². The molecule has 1 aliphatic rings. The minimum Gasteiger partial charge on any atom is -0.345 e. The van der Waals surface area contributed by atoms with E-state index in [0.29, 0.717) is 5.56 Å². The lowest BCUT2D eigenvalue weighted by Gasteiger charge is -2.22. The molecule has 1 amide bonds. The summed E-state index contributed by atoms with van der Waals surface area (Å²) in [5, 5.41) is 0. The molecular formula is C28H29N3O. The molecule has 1 aromatic heterocycles. The van der Waals surface area contributed by atoms with E-state index in [0.717, 1.165) is 28.3 Å². The summed E-state index contributed by atoms with van der Waals surface area (Å²) in [7, 11) is 3.52. The first-order valence-electron chi connectivity index (χ1n) is 11.5. The van der Waals surface area contributed by atoms with Crippen molar-refractivity contribution in [2.24, 2.45) is 0 Å². The van der Waals surface area contributed by atoms with Crippen molar-refractivity contribution < 1.29 is 4.79 Å². The standard InChI is InChI=1S/C28H29N3O/c1-31(2)28(32)24-16-17-25-26(18-24)30-27(29-25)23-14-12-22(13-15-23)21-10-8-20(9-11-21)19-6-4-3-5-7-19/h8-19H,3-7H2,1-2H3,(H,29,30). The van der Waals surface area contributed by atoms with Gasteiger partial charge in [0.2, 0.25) is 0 Å². The first kappa shape index (κ1) is 20.5. The van der Waals surface area contributed by atoms with E-state index in [1.807, 2.05) is 18.2 Å². The molecule has 0 aliphatic heterocycles. The van der Waals surface area contributed by atoms with E-state index in [4.69, 9.17) is 4.98 Å². The van der Waals surface area contributed by atoms with Gasteiger partial charge in [-0.2, -0.15) is 0 Å². The molecule has 1 N–H and O–H groups in total. The molecule has 4 nitrogen and oxygen atoms in total. The normalized spacial score (nSPS) is 14.6. The second kappa shape index (κ2) is 8.62. The van der Waals surface area contributed by atoms with Gasteiger partial charge in [0, 0.05) is 25.2 Å². The number of aromatic amines is 1. The average Bonchev–Trinajstić information content (AvgIpc) is 3.28. The Kier molecular flexibility index (Phi) is 5.52. The lowest BCUT2D eigenvalue weighted by molar-refractivity contribution is 0.0827. The number of imidazole rings is 1. The maximum Gasteiger partial charge on any atom is 0.253 e. The maximum absolute atomic E-state index is 12.2. The van der Waals surface area contributed by atoms with E-state index in [9.17, 15) is 4.79 Å². The number of carbonyl (C=O) groups excluding carboxylic acids is 1. The quantitative estimate of drug-likeness (QED) is 0.400. The van der Waals surface area contributed by atoms with Crippen LogP contribution in [0.4, 0.5) is 0 Å². The van der Waals surface area contributed by atoms with Crippen molar-refractivity contribution in [3.8, 4) is 22.5 Å². The summed E-state index contributed by atoms with van der Waals surface area (Å²) in [5.41, 5.74) is 7.35. The van der Waals surface area contributed by atoms with E-state index >= 15 is 0 Å². The number of nitrogens with one attached hydrogen (secondary N) is 1. The number of amides is 1. The van der Waals surface area contributed by atoms with Crippen molar-refractivity contribution >= 4 is 16.9 Å². The molecule has 1 aliphatic carbocycles. The van der Waals surface area contributed by atoms with Crippen LogP contribution in [0.5, 0.6) is 0 Å². The van der Waals surface area contributed by atoms with E-state index in [2.05, 4.69) is 53.5 Å². The van der Waals surface area contributed by atoms with Gasteiger partial charge in [-0.15, -0.1) is 0 Å². The number of hydrogen-bond acceptors (Lipinski definition) is 2. The second-order valence-corrected chi connectivity index (χ2v) is 9.05. The fourth-order valence-corrected chi connectivity index (χ4v) is 4.74. The summed E-state index contributed by atoms with van der Waals surface area (Å²) < 4.78 is 0. The van der Waals surface area contributed by atoms with Gasteiger partial charge in [0.15, 0.2) is 0 Å². The minimum atomic E-state index is -0.0121. The summed E-state index contributed by atoms with van der Waals surface area (Å²) in [6.45, 7) is 0. The van der Waals surface area contributed by atoms with Crippen LogP contribution in [-0.2, 0) is 0 Å². The summed E-state index contributed by atoms with van der Waals surface area (Å²) in [6.07, 6.45) is 6.78. The monoisotopic (exact) mass is 423 g/mol. The zero-order valence-electron chi connectivity index (χ0n) is 18.8. The molecule has 3 aromatic carbocycles. The van der Waals surface area contributed by atoms with Crippen LogP contribution in [0.15, 0.2) is 66.7 Å². The smallest absolute Gasteiger partial charge is 0.253 e. The van der Waals surface area contributed by atoms with Crippen LogP contribution in [-0.4, -0.2) is 34.9 Å². The van der Waals surface area contributed by atoms with Gasteiger partial charge in [-0.1, -0.05) is 67.8 Å². The first-order valence-corrected chi connectivity index (χ1v) is 11.5. The molecule has 4 heteroatoms. The molecule has 0 radical (unpaired) electrons. The minimum absolute atomic E-state index is 0.0121. The first-order chi connectivity index (χ1) is 15.6. The molecule has 0 spiro atoms. The highest BCUT2D eigenvalue weighted by molar-refractivity contribution is 5.97.